The summed E-state index contributed by atoms with van der Waals surface area (Å²) in [7, 11) is 0. The van der Waals surface area contributed by atoms with E-state index in [0.29, 0.717) is 0 Å². The predicted octanol–water partition coefficient (Wildman–Crippen LogP) is 6.43. The van der Waals surface area contributed by atoms with Gasteiger partial charge in [-0.25, -0.2) is 0 Å². The molecule has 0 bridgehead atoms. The fraction of sp³-hybridized carbons (Fsp3) is 0.200. The molecule has 28 heavy (non-hydrogen) atoms. The zero-order chi connectivity index (χ0) is 20.1. The van der Waals surface area contributed by atoms with Crippen molar-refractivity contribution in [1.82, 2.24) is 0 Å². The topological polar surface area (TPSA) is 34.1 Å². The SMILES string of the molecule is CC(=O)c1ccccc1.CCc1cc(CC)c2sc3ccccc3c(=O)c2c1. The Morgan fingerprint density at radius 3 is 2.14 bits per heavy atom. The minimum atomic E-state index is 0.121. The lowest BCUT2D eigenvalue weighted by atomic mass is 10.0. The molecule has 4 rings (SSSR count). The van der Waals surface area contributed by atoms with Gasteiger partial charge in [-0.1, -0.05) is 62.4 Å². The van der Waals surface area contributed by atoms with Crippen molar-refractivity contribution >= 4 is 37.3 Å². The molecule has 2 nitrogen and oxygen atoms in total. The van der Waals surface area contributed by atoms with Gasteiger partial charge in [0, 0.05) is 25.7 Å². The molecule has 0 aliphatic rings. The van der Waals surface area contributed by atoms with E-state index in [1.54, 1.807) is 18.3 Å². The Morgan fingerprint density at radius 2 is 1.54 bits per heavy atom. The van der Waals surface area contributed by atoms with E-state index in [9.17, 15) is 9.59 Å². The number of carbonyl (C=O) groups is 1. The second kappa shape index (κ2) is 8.94. The number of fused-ring (bicyclic) bond motifs is 2. The number of rotatable bonds is 3. The summed E-state index contributed by atoms with van der Waals surface area (Å²) in [4.78, 5) is 23.3. The van der Waals surface area contributed by atoms with Crippen molar-refractivity contribution < 1.29 is 4.79 Å². The van der Waals surface area contributed by atoms with Gasteiger partial charge in [-0.2, -0.15) is 0 Å². The average molecular weight is 389 g/mol. The molecule has 0 N–H and O–H groups in total. The van der Waals surface area contributed by atoms with Crippen molar-refractivity contribution in [2.75, 3.05) is 0 Å². The first-order chi connectivity index (χ1) is 13.5. The van der Waals surface area contributed by atoms with Crippen LogP contribution < -0.4 is 5.43 Å². The summed E-state index contributed by atoms with van der Waals surface area (Å²) in [5.74, 6) is 0.121. The zero-order valence-corrected chi connectivity index (χ0v) is 17.3. The first-order valence-electron chi connectivity index (χ1n) is 9.58. The molecule has 0 spiro atoms. The van der Waals surface area contributed by atoms with E-state index in [1.165, 1.54) is 11.1 Å². The van der Waals surface area contributed by atoms with E-state index < -0.39 is 0 Å². The lowest BCUT2D eigenvalue weighted by Gasteiger charge is -2.08. The maximum absolute atomic E-state index is 12.6. The van der Waals surface area contributed by atoms with Gasteiger partial charge < -0.3 is 0 Å². The third-order valence-corrected chi connectivity index (χ3v) is 6.05. The van der Waals surface area contributed by atoms with Crippen LogP contribution in [-0.2, 0) is 12.8 Å². The predicted molar refractivity (Wildman–Crippen MR) is 121 cm³/mol. The number of Topliss-reactive ketones (excluding diaryl/α,β-unsaturated/α-hetero) is 1. The van der Waals surface area contributed by atoms with Gasteiger partial charge in [0.15, 0.2) is 11.2 Å². The summed E-state index contributed by atoms with van der Waals surface area (Å²) in [6.07, 6.45) is 1.94. The Kier molecular flexibility index (Phi) is 6.37. The normalized spacial score (nSPS) is 10.5. The Hall–Kier alpha value is -2.78. The largest absolute Gasteiger partial charge is 0.295 e. The van der Waals surface area contributed by atoms with Crippen LogP contribution in [0.2, 0.25) is 0 Å². The van der Waals surface area contributed by atoms with Crippen LogP contribution in [0.4, 0.5) is 0 Å². The number of benzene rings is 3. The van der Waals surface area contributed by atoms with Gasteiger partial charge in [-0.05, 0) is 49.1 Å². The van der Waals surface area contributed by atoms with Crippen molar-refractivity contribution in [3.63, 3.8) is 0 Å². The van der Waals surface area contributed by atoms with Crippen LogP contribution in [0.1, 0.15) is 42.3 Å². The molecule has 0 amide bonds. The molecule has 0 atom stereocenters. The van der Waals surface area contributed by atoms with Crippen LogP contribution in [0.3, 0.4) is 0 Å². The van der Waals surface area contributed by atoms with E-state index >= 15 is 0 Å². The molecule has 0 saturated carbocycles. The molecule has 3 heteroatoms. The second-order valence-electron chi connectivity index (χ2n) is 6.69. The molecule has 4 aromatic rings. The van der Waals surface area contributed by atoms with Crippen molar-refractivity contribution in [3.05, 3.63) is 93.6 Å². The van der Waals surface area contributed by atoms with E-state index in [-0.39, 0.29) is 11.2 Å². The standard InChI is InChI=1S/C17H16OS.C8H8O/c1-3-11-9-12(4-2)17-14(10-11)16(18)13-7-5-6-8-15(13)19-17;1-7(9)8-5-3-2-4-6-8/h5-10H,3-4H2,1-2H3;2-6H,1H3. The maximum Gasteiger partial charge on any atom is 0.195 e. The summed E-state index contributed by atoms with van der Waals surface area (Å²) in [6, 6.07) is 21.4. The molecular weight excluding hydrogens is 364 g/mol. The fourth-order valence-electron chi connectivity index (χ4n) is 3.18. The highest BCUT2D eigenvalue weighted by Gasteiger charge is 2.09. The molecule has 0 aliphatic carbocycles. The number of aryl methyl sites for hydroxylation is 2. The van der Waals surface area contributed by atoms with Gasteiger partial charge in [-0.15, -0.1) is 11.3 Å². The summed E-state index contributed by atoms with van der Waals surface area (Å²) in [5.41, 5.74) is 3.50. The molecule has 0 aliphatic heterocycles. The first-order valence-corrected chi connectivity index (χ1v) is 10.4. The monoisotopic (exact) mass is 388 g/mol. The van der Waals surface area contributed by atoms with Crippen molar-refractivity contribution in [1.29, 1.82) is 0 Å². The number of hydrogen-bond donors (Lipinski definition) is 0. The Balaban J connectivity index is 0.000000211. The van der Waals surface area contributed by atoms with Gasteiger partial charge in [0.2, 0.25) is 0 Å². The van der Waals surface area contributed by atoms with E-state index in [2.05, 4.69) is 26.0 Å². The third kappa shape index (κ3) is 4.20. The van der Waals surface area contributed by atoms with Crippen LogP contribution in [-0.4, -0.2) is 5.78 Å². The first kappa shape index (κ1) is 20.0. The molecule has 0 unspecified atom stereocenters. The highest BCUT2D eigenvalue weighted by Crippen LogP contribution is 2.29. The summed E-state index contributed by atoms with van der Waals surface area (Å²) in [5, 5.41) is 1.73. The maximum atomic E-state index is 12.6. The number of carbonyl (C=O) groups excluding carboxylic acids is 1. The molecule has 3 aromatic carbocycles. The second-order valence-corrected chi connectivity index (χ2v) is 7.74. The van der Waals surface area contributed by atoms with Crippen LogP contribution in [0.15, 0.2) is 71.5 Å². The van der Waals surface area contributed by atoms with E-state index in [0.717, 1.165) is 38.6 Å². The molecule has 0 radical (unpaired) electrons. The Labute approximate surface area is 169 Å². The smallest absolute Gasteiger partial charge is 0.195 e. The lowest BCUT2D eigenvalue weighted by Crippen LogP contribution is -2.03. The van der Waals surface area contributed by atoms with Crippen molar-refractivity contribution in [2.45, 2.75) is 33.6 Å². The van der Waals surface area contributed by atoms with Gasteiger partial charge in [0.1, 0.15) is 0 Å². The van der Waals surface area contributed by atoms with Crippen LogP contribution in [0.25, 0.3) is 20.2 Å². The van der Waals surface area contributed by atoms with E-state index in [1.807, 2.05) is 54.6 Å². The molecular formula is C25H24O2S. The van der Waals surface area contributed by atoms with Gasteiger partial charge >= 0.3 is 0 Å². The zero-order valence-electron chi connectivity index (χ0n) is 16.5. The fourth-order valence-corrected chi connectivity index (χ4v) is 4.42. The summed E-state index contributed by atoms with van der Waals surface area (Å²) in [6.45, 7) is 5.85. The van der Waals surface area contributed by atoms with E-state index in [4.69, 9.17) is 0 Å². The Morgan fingerprint density at radius 1 is 0.857 bits per heavy atom. The van der Waals surface area contributed by atoms with Crippen LogP contribution in [0, 0.1) is 0 Å². The molecule has 0 saturated heterocycles. The van der Waals surface area contributed by atoms with Crippen LogP contribution >= 0.6 is 11.3 Å². The van der Waals surface area contributed by atoms with Crippen molar-refractivity contribution in [3.8, 4) is 0 Å². The highest BCUT2D eigenvalue weighted by atomic mass is 32.1. The number of hydrogen-bond acceptors (Lipinski definition) is 3. The van der Waals surface area contributed by atoms with Gasteiger partial charge in [0.05, 0.1) is 0 Å². The molecule has 142 valence electrons. The number of ketones is 1. The summed E-state index contributed by atoms with van der Waals surface area (Å²) < 4.78 is 2.24. The van der Waals surface area contributed by atoms with Crippen LogP contribution in [0.5, 0.6) is 0 Å². The third-order valence-electron chi connectivity index (χ3n) is 4.78. The van der Waals surface area contributed by atoms with Crippen molar-refractivity contribution in [2.24, 2.45) is 0 Å². The average Bonchev–Trinajstić information content (AvgIpc) is 2.74. The molecule has 0 fully saturated rings. The minimum absolute atomic E-state index is 0.121. The highest BCUT2D eigenvalue weighted by molar-refractivity contribution is 7.24. The minimum Gasteiger partial charge on any atom is -0.295 e. The van der Waals surface area contributed by atoms with Gasteiger partial charge in [0.25, 0.3) is 0 Å². The summed E-state index contributed by atoms with van der Waals surface area (Å²) >= 11 is 1.74. The molecule has 1 aromatic heterocycles. The Bertz CT molecular complexity index is 1170. The van der Waals surface area contributed by atoms with Gasteiger partial charge in [-0.3, -0.25) is 9.59 Å². The quantitative estimate of drug-likeness (QED) is 0.299. The lowest BCUT2D eigenvalue weighted by molar-refractivity contribution is 0.101. The molecule has 1 heterocycles.